The monoisotopic (exact) mass is 382 g/mol. The Morgan fingerprint density at radius 3 is 2.14 bits per heavy atom. The van der Waals surface area contributed by atoms with Crippen LogP contribution in [0, 0.1) is 0 Å². The predicted molar refractivity (Wildman–Crippen MR) is 106 cm³/mol. The number of carbonyl (C=O) groups excluding carboxylic acids is 1. The summed E-state index contributed by atoms with van der Waals surface area (Å²) in [4.78, 5) is 25.7. The van der Waals surface area contributed by atoms with Crippen molar-refractivity contribution in [3.63, 3.8) is 0 Å². The van der Waals surface area contributed by atoms with Crippen molar-refractivity contribution >= 4 is 12.0 Å². The van der Waals surface area contributed by atoms with E-state index in [1.54, 1.807) is 12.1 Å². The van der Waals surface area contributed by atoms with Crippen LogP contribution in [0.15, 0.2) is 36.7 Å². The average molecular weight is 382 g/mol. The van der Waals surface area contributed by atoms with Crippen LogP contribution in [0.3, 0.4) is 0 Å². The smallest absolute Gasteiger partial charge is 0.410 e. The van der Waals surface area contributed by atoms with Crippen LogP contribution in [0.2, 0.25) is 0 Å². The van der Waals surface area contributed by atoms with Crippen LogP contribution in [0.25, 0.3) is 11.1 Å². The minimum Gasteiger partial charge on any atom is -0.508 e. The molecule has 7 nitrogen and oxygen atoms in total. The fourth-order valence-corrected chi connectivity index (χ4v) is 3.96. The molecule has 148 valence electrons. The Balaban J connectivity index is 1.47. The number of rotatable bonds is 2. The maximum Gasteiger partial charge on any atom is 0.410 e. The second-order valence-electron chi connectivity index (χ2n) is 8.50. The maximum atomic E-state index is 12.4. The van der Waals surface area contributed by atoms with Crippen molar-refractivity contribution in [1.82, 2.24) is 14.9 Å². The van der Waals surface area contributed by atoms with Gasteiger partial charge < -0.3 is 19.6 Å². The Morgan fingerprint density at radius 2 is 1.61 bits per heavy atom. The highest BCUT2D eigenvalue weighted by molar-refractivity contribution is 5.69. The van der Waals surface area contributed by atoms with Gasteiger partial charge >= 0.3 is 6.09 Å². The lowest BCUT2D eigenvalue weighted by molar-refractivity contribution is 0.0209. The van der Waals surface area contributed by atoms with Crippen molar-refractivity contribution in [1.29, 1.82) is 0 Å². The summed E-state index contributed by atoms with van der Waals surface area (Å²) in [5, 5.41) is 9.43. The molecule has 2 atom stereocenters. The molecule has 3 heterocycles. The summed E-state index contributed by atoms with van der Waals surface area (Å²) >= 11 is 0. The van der Waals surface area contributed by atoms with Crippen LogP contribution < -0.4 is 4.90 Å². The van der Waals surface area contributed by atoms with Crippen LogP contribution in [-0.4, -0.2) is 56.8 Å². The lowest BCUT2D eigenvalue weighted by atomic mass is 10.1. The van der Waals surface area contributed by atoms with Crippen molar-refractivity contribution in [2.75, 3.05) is 18.0 Å². The van der Waals surface area contributed by atoms with Crippen molar-refractivity contribution in [3.05, 3.63) is 36.7 Å². The van der Waals surface area contributed by atoms with Gasteiger partial charge in [-0.15, -0.1) is 0 Å². The third-order valence-electron chi connectivity index (χ3n) is 5.20. The van der Waals surface area contributed by atoms with Gasteiger partial charge in [0.05, 0.1) is 12.1 Å². The third kappa shape index (κ3) is 3.74. The minimum absolute atomic E-state index is 0.214. The Bertz CT molecular complexity index is 831. The number of ether oxygens (including phenoxy) is 1. The summed E-state index contributed by atoms with van der Waals surface area (Å²) in [6.07, 6.45) is 5.43. The van der Waals surface area contributed by atoms with Crippen LogP contribution in [0.4, 0.5) is 10.7 Å². The summed E-state index contributed by atoms with van der Waals surface area (Å²) in [6.45, 7) is 6.93. The number of aromatic nitrogens is 2. The molecule has 0 spiro atoms. The normalized spacial score (nSPS) is 21.7. The molecule has 0 saturated carbocycles. The maximum absolute atomic E-state index is 12.4. The zero-order chi connectivity index (χ0) is 19.9. The molecule has 2 aromatic rings. The highest BCUT2D eigenvalue weighted by Gasteiger charge is 2.43. The standard InChI is InChI=1S/C21H26N4O3/c1-21(2,3)28-20(27)24-12-16-6-7-17(13-24)25(16)19-22-10-15(11-23-19)14-4-8-18(26)9-5-14/h4-5,8-11,16-17,26H,6-7,12-13H2,1-3H3. The van der Waals surface area contributed by atoms with Crippen molar-refractivity contribution in [3.8, 4) is 16.9 Å². The van der Waals surface area contributed by atoms with E-state index in [4.69, 9.17) is 4.74 Å². The molecular formula is C21H26N4O3. The first-order valence-electron chi connectivity index (χ1n) is 9.68. The number of benzene rings is 1. The number of fused-ring (bicyclic) bond motifs is 2. The topological polar surface area (TPSA) is 78.8 Å². The van der Waals surface area contributed by atoms with Gasteiger partial charge in [0.2, 0.25) is 5.95 Å². The summed E-state index contributed by atoms with van der Waals surface area (Å²) in [6, 6.07) is 7.42. The van der Waals surface area contributed by atoms with E-state index in [0.29, 0.717) is 19.0 Å². The van der Waals surface area contributed by atoms with E-state index in [0.717, 1.165) is 24.0 Å². The van der Waals surface area contributed by atoms with Crippen LogP contribution in [0.1, 0.15) is 33.6 Å². The van der Waals surface area contributed by atoms with E-state index >= 15 is 0 Å². The Hall–Kier alpha value is -2.83. The average Bonchev–Trinajstić information content (AvgIpc) is 2.90. The highest BCUT2D eigenvalue weighted by atomic mass is 16.6. The molecule has 1 aromatic heterocycles. The minimum atomic E-state index is -0.486. The molecule has 0 radical (unpaired) electrons. The second-order valence-corrected chi connectivity index (χ2v) is 8.50. The molecule has 4 rings (SSSR count). The number of nitrogens with zero attached hydrogens (tertiary/aromatic N) is 4. The third-order valence-corrected chi connectivity index (χ3v) is 5.20. The lowest BCUT2D eigenvalue weighted by Gasteiger charge is -2.41. The van der Waals surface area contributed by atoms with E-state index in [1.807, 2.05) is 50.2 Å². The van der Waals surface area contributed by atoms with Gasteiger partial charge in [0.1, 0.15) is 11.4 Å². The number of phenols is 1. The van der Waals surface area contributed by atoms with Gasteiger partial charge in [-0.25, -0.2) is 14.8 Å². The van der Waals surface area contributed by atoms with E-state index < -0.39 is 5.60 Å². The Morgan fingerprint density at radius 1 is 1.04 bits per heavy atom. The van der Waals surface area contributed by atoms with Crippen molar-refractivity contribution < 1.29 is 14.6 Å². The molecular weight excluding hydrogens is 356 g/mol. The Labute approximate surface area is 165 Å². The van der Waals surface area contributed by atoms with E-state index in [-0.39, 0.29) is 23.9 Å². The molecule has 2 aliphatic heterocycles. The zero-order valence-electron chi connectivity index (χ0n) is 16.5. The summed E-state index contributed by atoms with van der Waals surface area (Å²) in [7, 11) is 0. The fourth-order valence-electron chi connectivity index (χ4n) is 3.96. The van der Waals surface area contributed by atoms with Gasteiger partial charge in [0, 0.05) is 31.0 Å². The van der Waals surface area contributed by atoms with Gasteiger partial charge in [-0.05, 0) is 51.3 Å². The number of hydrogen-bond donors (Lipinski definition) is 1. The zero-order valence-corrected chi connectivity index (χ0v) is 16.5. The fraction of sp³-hybridized carbons (Fsp3) is 0.476. The first-order chi connectivity index (χ1) is 13.3. The summed E-state index contributed by atoms with van der Waals surface area (Å²) in [5.41, 5.74) is 1.38. The number of anilines is 1. The number of phenolic OH excluding ortho intramolecular Hbond substituents is 1. The first kappa shape index (κ1) is 18.5. The molecule has 0 aliphatic carbocycles. The molecule has 2 saturated heterocycles. The lowest BCUT2D eigenvalue weighted by Crippen LogP contribution is -2.56. The number of likely N-dealkylation sites (tertiary alicyclic amines) is 1. The molecule has 2 unspecified atom stereocenters. The van der Waals surface area contributed by atoms with Gasteiger partial charge in [-0.1, -0.05) is 12.1 Å². The molecule has 28 heavy (non-hydrogen) atoms. The number of hydrogen-bond acceptors (Lipinski definition) is 6. The van der Waals surface area contributed by atoms with Crippen LogP contribution in [-0.2, 0) is 4.74 Å². The molecule has 1 N–H and O–H groups in total. The van der Waals surface area contributed by atoms with Crippen molar-refractivity contribution in [2.45, 2.75) is 51.3 Å². The van der Waals surface area contributed by atoms with E-state index in [9.17, 15) is 9.90 Å². The highest BCUT2D eigenvalue weighted by Crippen LogP contribution is 2.34. The van der Waals surface area contributed by atoms with Gasteiger partial charge in [-0.2, -0.15) is 0 Å². The van der Waals surface area contributed by atoms with Gasteiger partial charge in [-0.3, -0.25) is 0 Å². The van der Waals surface area contributed by atoms with Crippen molar-refractivity contribution in [2.24, 2.45) is 0 Å². The molecule has 1 amide bonds. The largest absolute Gasteiger partial charge is 0.508 e. The number of amides is 1. The van der Waals surface area contributed by atoms with E-state index in [2.05, 4.69) is 14.9 Å². The molecule has 2 bridgehead atoms. The van der Waals surface area contributed by atoms with Gasteiger partial charge in [0.15, 0.2) is 0 Å². The predicted octanol–water partition coefficient (Wildman–Crippen LogP) is 3.44. The second kappa shape index (κ2) is 6.96. The van der Waals surface area contributed by atoms with Crippen LogP contribution in [0.5, 0.6) is 5.75 Å². The summed E-state index contributed by atoms with van der Waals surface area (Å²) in [5.74, 6) is 0.944. The van der Waals surface area contributed by atoms with Gasteiger partial charge in [0.25, 0.3) is 0 Å². The quantitative estimate of drug-likeness (QED) is 0.857. The SMILES string of the molecule is CC(C)(C)OC(=O)N1CC2CCC(C1)N2c1ncc(-c2ccc(O)cc2)cn1. The molecule has 7 heteroatoms. The number of aromatic hydroxyl groups is 1. The molecule has 2 aliphatic rings. The Kier molecular flexibility index (Phi) is 4.61. The molecule has 2 fully saturated rings. The first-order valence-corrected chi connectivity index (χ1v) is 9.68. The van der Waals surface area contributed by atoms with Crippen LogP contribution >= 0.6 is 0 Å². The number of carbonyl (C=O) groups is 1. The molecule has 1 aromatic carbocycles. The summed E-state index contributed by atoms with van der Waals surface area (Å²) < 4.78 is 5.54. The van der Waals surface area contributed by atoms with E-state index in [1.165, 1.54) is 0 Å². The number of piperazine rings is 1.